The average molecular weight is 290 g/mol. The number of methoxy groups -OCH3 is 1. The molecule has 0 aromatic heterocycles. The monoisotopic (exact) mass is 289 g/mol. The molecule has 0 aliphatic carbocycles. The highest BCUT2D eigenvalue weighted by molar-refractivity contribution is 6.32. The Bertz CT molecular complexity index is 369. The number of hydrogen-bond donors (Lipinski definition) is 0. The molecule has 0 aliphatic rings. The molecular weight excluding hydrogens is 269 g/mol. The molecular formula is C14H21Cl2NO. The van der Waals surface area contributed by atoms with Gasteiger partial charge in [-0.15, -0.1) is 11.6 Å². The van der Waals surface area contributed by atoms with Gasteiger partial charge >= 0.3 is 0 Å². The fourth-order valence-electron chi connectivity index (χ4n) is 1.81. The highest BCUT2D eigenvalue weighted by Gasteiger charge is 2.10. The Morgan fingerprint density at radius 2 is 2.06 bits per heavy atom. The normalized spacial score (nSPS) is 11.0. The number of anilines is 1. The molecule has 0 saturated heterocycles. The van der Waals surface area contributed by atoms with E-state index in [-0.39, 0.29) is 0 Å². The summed E-state index contributed by atoms with van der Waals surface area (Å²) in [7, 11) is 1.72. The molecule has 1 rings (SSSR count). The van der Waals surface area contributed by atoms with E-state index < -0.39 is 0 Å². The Balaban J connectivity index is 2.86. The minimum absolute atomic E-state index is 0.446. The minimum atomic E-state index is 0.446. The molecule has 102 valence electrons. The highest BCUT2D eigenvalue weighted by Crippen LogP contribution is 2.25. The Morgan fingerprint density at radius 1 is 1.33 bits per heavy atom. The van der Waals surface area contributed by atoms with E-state index in [4.69, 9.17) is 27.9 Å². The number of hydrogen-bond acceptors (Lipinski definition) is 2. The highest BCUT2D eigenvalue weighted by atomic mass is 35.5. The van der Waals surface area contributed by atoms with Crippen LogP contribution in [0.4, 0.5) is 5.69 Å². The minimum Gasteiger partial charge on any atom is -0.383 e. The third-order valence-electron chi connectivity index (χ3n) is 2.70. The van der Waals surface area contributed by atoms with Gasteiger partial charge < -0.3 is 9.64 Å². The molecule has 0 unspecified atom stereocenters. The predicted octanol–water partition coefficient (Wildman–Crippen LogP) is 4.19. The zero-order valence-electron chi connectivity index (χ0n) is 11.2. The van der Waals surface area contributed by atoms with Crippen LogP contribution in [0.25, 0.3) is 0 Å². The van der Waals surface area contributed by atoms with E-state index in [0.717, 1.165) is 29.4 Å². The molecule has 18 heavy (non-hydrogen) atoms. The molecule has 0 radical (unpaired) electrons. The van der Waals surface area contributed by atoms with Crippen LogP contribution in [0.2, 0.25) is 5.02 Å². The second kappa shape index (κ2) is 7.88. The Morgan fingerprint density at radius 3 is 2.56 bits per heavy atom. The van der Waals surface area contributed by atoms with Crippen molar-refractivity contribution in [1.82, 2.24) is 0 Å². The zero-order chi connectivity index (χ0) is 13.5. The van der Waals surface area contributed by atoms with Crippen molar-refractivity contribution in [2.45, 2.75) is 19.7 Å². The molecule has 0 amide bonds. The number of rotatable bonds is 7. The maximum Gasteiger partial charge on any atom is 0.0637 e. The molecule has 1 aromatic carbocycles. The van der Waals surface area contributed by atoms with Crippen molar-refractivity contribution >= 4 is 28.9 Å². The molecule has 2 nitrogen and oxygen atoms in total. The van der Waals surface area contributed by atoms with Crippen LogP contribution in [-0.4, -0.2) is 26.8 Å². The number of ether oxygens (including phenoxy) is 1. The van der Waals surface area contributed by atoms with Gasteiger partial charge in [0.25, 0.3) is 0 Å². The van der Waals surface area contributed by atoms with Crippen molar-refractivity contribution in [3.8, 4) is 0 Å². The lowest BCUT2D eigenvalue weighted by Gasteiger charge is -2.27. The van der Waals surface area contributed by atoms with Crippen molar-refractivity contribution in [1.29, 1.82) is 0 Å². The number of halogens is 2. The summed E-state index contributed by atoms with van der Waals surface area (Å²) in [6.07, 6.45) is 0. The lowest BCUT2D eigenvalue weighted by molar-refractivity contribution is 0.204. The molecule has 0 N–H and O–H groups in total. The number of alkyl halides is 1. The molecule has 0 fully saturated rings. The van der Waals surface area contributed by atoms with Crippen LogP contribution < -0.4 is 4.90 Å². The fraction of sp³-hybridized carbons (Fsp3) is 0.571. The van der Waals surface area contributed by atoms with Crippen LogP contribution in [-0.2, 0) is 10.6 Å². The largest absolute Gasteiger partial charge is 0.383 e. The van der Waals surface area contributed by atoms with Crippen LogP contribution in [0.3, 0.4) is 0 Å². The molecule has 0 heterocycles. The Labute approximate surface area is 120 Å². The summed E-state index contributed by atoms with van der Waals surface area (Å²) in [6.45, 7) is 6.97. The van der Waals surface area contributed by atoms with Gasteiger partial charge in [0.1, 0.15) is 0 Å². The van der Waals surface area contributed by atoms with Gasteiger partial charge in [-0.05, 0) is 23.6 Å². The topological polar surface area (TPSA) is 12.5 Å². The van der Waals surface area contributed by atoms with E-state index in [1.54, 1.807) is 7.11 Å². The third-order valence-corrected chi connectivity index (χ3v) is 3.34. The van der Waals surface area contributed by atoms with Gasteiger partial charge in [0.05, 0.1) is 6.61 Å². The number of benzene rings is 1. The molecule has 0 saturated carbocycles. The first-order chi connectivity index (χ1) is 8.58. The zero-order valence-corrected chi connectivity index (χ0v) is 12.8. The summed E-state index contributed by atoms with van der Waals surface area (Å²) in [4.78, 5) is 2.29. The van der Waals surface area contributed by atoms with Crippen LogP contribution >= 0.6 is 23.2 Å². The summed E-state index contributed by atoms with van der Waals surface area (Å²) in [6, 6.07) is 6.05. The van der Waals surface area contributed by atoms with Gasteiger partial charge in [-0.2, -0.15) is 0 Å². The standard InChI is InChI=1S/C14H21Cl2NO/c1-11(2)10-17(6-7-18-3)13-5-4-12(9-15)14(16)8-13/h4-5,8,11H,6-7,9-10H2,1-3H3. The van der Waals surface area contributed by atoms with Crippen molar-refractivity contribution in [2.75, 3.05) is 31.7 Å². The maximum atomic E-state index is 6.20. The van der Waals surface area contributed by atoms with E-state index >= 15 is 0 Å². The second-order valence-electron chi connectivity index (χ2n) is 4.74. The smallest absolute Gasteiger partial charge is 0.0637 e. The van der Waals surface area contributed by atoms with E-state index in [9.17, 15) is 0 Å². The summed E-state index contributed by atoms with van der Waals surface area (Å²) in [5.41, 5.74) is 2.10. The van der Waals surface area contributed by atoms with Gasteiger partial charge in [0.2, 0.25) is 0 Å². The van der Waals surface area contributed by atoms with Crippen LogP contribution in [0.1, 0.15) is 19.4 Å². The van der Waals surface area contributed by atoms with Gasteiger partial charge in [0.15, 0.2) is 0 Å². The first kappa shape index (κ1) is 15.6. The summed E-state index contributed by atoms with van der Waals surface area (Å²) in [5, 5.41) is 0.730. The van der Waals surface area contributed by atoms with Crippen molar-refractivity contribution in [2.24, 2.45) is 5.92 Å². The van der Waals surface area contributed by atoms with Crippen LogP contribution in [0, 0.1) is 5.92 Å². The van der Waals surface area contributed by atoms with Gasteiger partial charge in [-0.3, -0.25) is 0 Å². The van der Waals surface area contributed by atoms with Gasteiger partial charge in [-0.1, -0.05) is 31.5 Å². The van der Waals surface area contributed by atoms with Crippen LogP contribution in [0.5, 0.6) is 0 Å². The Hall–Kier alpha value is -0.440. The van der Waals surface area contributed by atoms with E-state index in [2.05, 4.69) is 24.8 Å². The summed E-state index contributed by atoms with van der Waals surface area (Å²) >= 11 is 12.0. The van der Waals surface area contributed by atoms with E-state index in [0.29, 0.717) is 18.4 Å². The van der Waals surface area contributed by atoms with E-state index in [1.165, 1.54) is 0 Å². The first-order valence-corrected chi connectivity index (χ1v) is 7.08. The average Bonchev–Trinajstić information content (AvgIpc) is 2.34. The molecule has 0 spiro atoms. The van der Waals surface area contributed by atoms with Gasteiger partial charge in [0, 0.05) is 36.8 Å². The van der Waals surface area contributed by atoms with Crippen molar-refractivity contribution in [3.63, 3.8) is 0 Å². The lowest BCUT2D eigenvalue weighted by Crippen LogP contribution is -2.30. The van der Waals surface area contributed by atoms with E-state index in [1.807, 2.05) is 12.1 Å². The van der Waals surface area contributed by atoms with Crippen molar-refractivity contribution in [3.05, 3.63) is 28.8 Å². The molecule has 0 bridgehead atoms. The SMILES string of the molecule is COCCN(CC(C)C)c1ccc(CCl)c(Cl)c1. The second-order valence-corrected chi connectivity index (χ2v) is 5.42. The quantitative estimate of drug-likeness (QED) is 0.698. The summed E-state index contributed by atoms with van der Waals surface area (Å²) in [5.74, 6) is 1.04. The maximum absolute atomic E-state index is 6.20. The third kappa shape index (κ3) is 4.68. The fourth-order valence-corrected chi connectivity index (χ4v) is 2.35. The molecule has 0 aliphatic heterocycles. The lowest BCUT2D eigenvalue weighted by atomic mass is 10.1. The number of nitrogens with zero attached hydrogens (tertiary/aromatic N) is 1. The predicted molar refractivity (Wildman–Crippen MR) is 79.9 cm³/mol. The molecule has 0 atom stereocenters. The molecule has 1 aromatic rings. The Kier molecular flexibility index (Phi) is 6.83. The van der Waals surface area contributed by atoms with Crippen LogP contribution in [0.15, 0.2) is 18.2 Å². The first-order valence-electron chi connectivity index (χ1n) is 6.16. The summed E-state index contributed by atoms with van der Waals surface area (Å²) < 4.78 is 5.15. The molecule has 4 heteroatoms. The van der Waals surface area contributed by atoms with Crippen molar-refractivity contribution < 1.29 is 4.74 Å². The van der Waals surface area contributed by atoms with Gasteiger partial charge in [-0.25, -0.2) is 0 Å².